The Balaban J connectivity index is 5.29. The van der Waals surface area contributed by atoms with Crippen LogP contribution in [0.4, 0.5) is 0 Å². The van der Waals surface area contributed by atoms with Crippen molar-refractivity contribution in [3.63, 3.8) is 0 Å². The smallest absolute Gasteiger partial charge is 0.322 e. The molecule has 3 unspecified atom stereocenters. The molecular weight excluding hydrogens is 422 g/mol. The third-order valence-electron chi connectivity index (χ3n) is 3.74. The van der Waals surface area contributed by atoms with Crippen LogP contribution in [-0.4, -0.2) is 81.5 Å². The van der Waals surface area contributed by atoms with Gasteiger partial charge in [0, 0.05) is 12.8 Å². The van der Waals surface area contributed by atoms with Gasteiger partial charge in [-0.15, -0.1) is 0 Å². The molecule has 3 atom stereocenters. The molecule has 0 saturated heterocycles. The molecule has 15 nitrogen and oxygen atoms in total. The first kappa shape index (κ1) is 27.2. The number of amides is 4. The van der Waals surface area contributed by atoms with Gasteiger partial charge < -0.3 is 42.7 Å². The van der Waals surface area contributed by atoms with Gasteiger partial charge in [-0.2, -0.15) is 0 Å². The van der Waals surface area contributed by atoms with Crippen molar-refractivity contribution in [1.29, 1.82) is 0 Å². The minimum atomic E-state index is -1.69. The lowest BCUT2D eigenvalue weighted by Gasteiger charge is -2.23. The Hall–Kier alpha value is -3.75. The first-order valence-electron chi connectivity index (χ1n) is 8.91. The van der Waals surface area contributed by atoms with Crippen LogP contribution in [0.25, 0.3) is 0 Å². The van der Waals surface area contributed by atoms with Crippen LogP contribution in [0.3, 0.4) is 0 Å². The van der Waals surface area contributed by atoms with E-state index in [-0.39, 0.29) is 19.3 Å². The summed E-state index contributed by atoms with van der Waals surface area (Å²) >= 11 is 0. The molecule has 0 fully saturated rings. The summed E-state index contributed by atoms with van der Waals surface area (Å²) in [6, 6.07) is -4.48. The number of carbonyl (C=O) groups is 7. The number of rotatable bonds is 15. The molecule has 0 aromatic carbocycles. The zero-order valence-electron chi connectivity index (χ0n) is 16.3. The number of nitrogens with two attached hydrogens (primary N) is 2. The van der Waals surface area contributed by atoms with Crippen molar-refractivity contribution in [3.05, 3.63) is 0 Å². The lowest BCUT2D eigenvalue weighted by Crippen LogP contribution is -2.56. The van der Waals surface area contributed by atoms with Gasteiger partial charge in [-0.1, -0.05) is 0 Å². The zero-order chi connectivity index (χ0) is 24.1. The molecule has 10 N–H and O–H groups in total. The Morgan fingerprint density at radius 3 is 1.77 bits per heavy atom. The van der Waals surface area contributed by atoms with Gasteiger partial charge >= 0.3 is 17.9 Å². The molecule has 0 aliphatic rings. The number of aliphatic carboxylic acids is 3. The predicted octanol–water partition coefficient (Wildman–Crippen LogP) is -3.91. The first-order chi connectivity index (χ1) is 14.3. The minimum Gasteiger partial charge on any atom is -0.481 e. The molecule has 0 heterocycles. The molecule has 0 saturated carbocycles. The molecule has 0 aliphatic carbocycles. The van der Waals surface area contributed by atoms with Gasteiger partial charge in [0.15, 0.2) is 0 Å². The van der Waals surface area contributed by atoms with E-state index in [1.54, 1.807) is 0 Å². The average molecular weight is 447 g/mol. The van der Waals surface area contributed by atoms with Crippen LogP contribution in [0, 0.1) is 0 Å². The summed E-state index contributed by atoms with van der Waals surface area (Å²) in [6.07, 6.45) is -2.30. The minimum absolute atomic E-state index is 0.276. The van der Waals surface area contributed by atoms with Crippen molar-refractivity contribution < 1.29 is 48.9 Å². The van der Waals surface area contributed by atoms with E-state index >= 15 is 0 Å². The zero-order valence-corrected chi connectivity index (χ0v) is 16.3. The molecule has 0 radical (unpaired) electrons. The van der Waals surface area contributed by atoms with Gasteiger partial charge in [0.05, 0.1) is 12.5 Å². The van der Waals surface area contributed by atoms with Gasteiger partial charge in [0.25, 0.3) is 0 Å². The molecule has 31 heavy (non-hydrogen) atoms. The van der Waals surface area contributed by atoms with Crippen molar-refractivity contribution in [2.45, 2.75) is 50.2 Å². The lowest BCUT2D eigenvalue weighted by atomic mass is 10.1. The highest BCUT2D eigenvalue weighted by molar-refractivity contribution is 5.95. The summed E-state index contributed by atoms with van der Waals surface area (Å²) in [7, 11) is 0. The largest absolute Gasteiger partial charge is 0.481 e. The van der Waals surface area contributed by atoms with Crippen molar-refractivity contribution >= 4 is 41.5 Å². The number of carbonyl (C=O) groups excluding carboxylic acids is 4. The number of primary amides is 1. The van der Waals surface area contributed by atoms with Crippen molar-refractivity contribution in [2.75, 3.05) is 6.54 Å². The third kappa shape index (κ3) is 12.4. The predicted molar refractivity (Wildman–Crippen MR) is 100 cm³/mol. The maximum Gasteiger partial charge on any atom is 0.322 e. The molecule has 0 aliphatic heterocycles. The summed E-state index contributed by atoms with van der Waals surface area (Å²) in [5.41, 5.74) is 10.5. The molecule has 4 amide bonds. The van der Waals surface area contributed by atoms with Crippen LogP contribution >= 0.6 is 0 Å². The Morgan fingerprint density at radius 1 is 0.710 bits per heavy atom. The van der Waals surface area contributed by atoms with Crippen LogP contribution < -0.4 is 27.4 Å². The number of nitrogens with one attached hydrogen (secondary N) is 3. The van der Waals surface area contributed by atoms with E-state index in [4.69, 9.17) is 26.8 Å². The standard InChI is InChI=1S/C16H25N5O10/c17-7(1-4-11(23)24)14(29)21-9(5-12(25)26)16(31)20-8(2-3-10(18)22)15(30)19-6-13(27)28/h7-9H,1-6,17H2,(H2,18,22)(H,19,30)(H,20,31)(H,21,29)(H,23,24)(H,25,26)(H,27,28). The summed E-state index contributed by atoms with van der Waals surface area (Å²) in [5.74, 6) is -7.98. The fourth-order valence-corrected chi connectivity index (χ4v) is 2.19. The maximum absolute atomic E-state index is 12.5. The van der Waals surface area contributed by atoms with Gasteiger partial charge in [-0.3, -0.25) is 33.6 Å². The fourth-order valence-electron chi connectivity index (χ4n) is 2.19. The topological polar surface area (TPSA) is 268 Å². The molecule has 0 spiro atoms. The number of hydrogen-bond donors (Lipinski definition) is 8. The van der Waals surface area contributed by atoms with E-state index < -0.39 is 79.0 Å². The van der Waals surface area contributed by atoms with Crippen LogP contribution in [0.1, 0.15) is 32.1 Å². The summed E-state index contributed by atoms with van der Waals surface area (Å²) in [4.78, 5) is 79.8. The third-order valence-corrected chi connectivity index (χ3v) is 3.74. The number of carboxylic acids is 3. The molecule has 0 rings (SSSR count). The first-order valence-corrected chi connectivity index (χ1v) is 8.91. The van der Waals surface area contributed by atoms with E-state index in [1.807, 2.05) is 5.32 Å². The molecule has 15 heteroatoms. The second kappa shape index (κ2) is 13.5. The van der Waals surface area contributed by atoms with Gasteiger partial charge in [0.1, 0.15) is 18.6 Å². The van der Waals surface area contributed by atoms with E-state index in [0.29, 0.717) is 0 Å². The highest BCUT2D eigenvalue weighted by Gasteiger charge is 2.30. The Morgan fingerprint density at radius 2 is 1.29 bits per heavy atom. The lowest BCUT2D eigenvalue weighted by molar-refractivity contribution is -0.141. The second-order valence-corrected chi connectivity index (χ2v) is 6.38. The van der Waals surface area contributed by atoms with Gasteiger partial charge in [-0.05, 0) is 12.8 Å². The van der Waals surface area contributed by atoms with Crippen LogP contribution in [0.2, 0.25) is 0 Å². The van der Waals surface area contributed by atoms with E-state index in [9.17, 15) is 33.6 Å². The summed E-state index contributed by atoms with van der Waals surface area (Å²) in [6.45, 7) is -0.782. The fraction of sp³-hybridized carbons (Fsp3) is 0.562. The quantitative estimate of drug-likeness (QED) is 0.120. The molecule has 0 aromatic rings. The van der Waals surface area contributed by atoms with Crippen molar-refractivity contribution in [1.82, 2.24) is 16.0 Å². The highest BCUT2D eigenvalue weighted by atomic mass is 16.4. The SMILES string of the molecule is NC(=O)CCC(NC(=O)C(CC(=O)O)NC(=O)C(N)CCC(=O)O)C(=O)NCC(=O)O. The summed E-state index contributed by atoms with van der Waals surface area (Å²) in [5, 5.41) is 32.4. The molecule has 174 valence electrons. The Bertz CT molecular complexity index is 726. The van der Waals surface area contributed by atoms with Crippen LogP contribution in [0.15, 0.2) is 0 Å². The van der Waals surface area contributed by atoms with Crippen LogP contribution in [-0.2, 0) is 33.6 Å². The van der Waals surface area contributed by atoms with E-state index in [0.717, 1.165) is 0 Å². The van der Waals surface area contributed by atoms with E-state index in [2.05, 4.69) is 10.6 Å². The Labute approximate surface area is 175 Å². The summed E-state index contributed by atoms with van der Waals surface area (Å²) < 4.78 is 0. The van der Waals surface area contributed by atoms with Gasteiger partial charge in [-0.25, -0.2) is 0 Å². The normalized spacial score (nSPS) is 13.2. The second-order valence-electron chi connectivity index (χ2n) is 6.38. The van der Waals surface area contributed by atoms with Gasteiger partial charge in [0.2, 0.25) is 23.6 Å². The average Bonchev–Trinajstić information content (AvgIpc) is 2.65. The van der Waals surface area contributed by atoms with Crippen molar-refractivity contribution in [3.8, 4) is 0 Å². The molecular formula is C16H25N5O10. The number of carboxylic acid groups (broad SMARTS) is 3. The van der Waals surface area contributed by atoms with Crippen molar-refractivity contribution in [2.24, 2.45) is 11.5 Å². The molecule has 0 bridgehead atoms. The molecule has 0 aromatic heterocycles. The number of hydrogen-bond acceptors (Lipinski definition) is 8. The van der Waals surface area contributed by atoms with Crippen LogP contribution in [0.5, 0.6) is 0 Å². The maximum atomic E-state index is 12.5. The highest BCUT2D eigenvalue weighted by Crippen LogP contribution is 2.03. The Kier molecular flexibility index (Phi) is 11.8. The monoisotopic (exact) mass is 447 g/mol. The van der Waals surface area contributed by atoms with E-state index in [1.165, 1.54) is 0 Å².